The highest BCUT2D eigenvalue weighted by molar-refractivity contribution is 6.10. The summed E-state index contributed by atoms with van der Waals surface area (Å²) in [6.45, 7) is 3.82. The number of rotatable bonds is 7. The predicted molar refractivity (Wildman–Crippen MR) is 144 cm³/mol. The number of ether oxygens (including phenoxy) is 1. The first-order chi connectivity index (χ1) is 18.9. The zero-order valence-corrected chi connectivity index (χ0v) is 23.2. The first kappa shape index (κ1) is 27.0. The molecule has 2 aliphatic carbocycles. The van der Waals surface area contributed by atoms with E-state index in [1.807, 2.05) is 36.7 Å². The Morgan fingerprint density at radius 2 is 1.93 bits per heavy atom. The predicted octanol–water partition coefficient (Wildman–Crippen LogP) is 5.68. The maximum Gasteiger partial charge on any atom is 0.416 e. The van der Waals surface area contributed by atoms with E-state index >= 15 is 0 Å². The highest BCUT2D eigenvalue weighted by Crippen LogP contribution is 2.50. The summed E-state index contributed by atoms with van der Waals surface area (Å²) in [6, 6.07) is 10.0. The van der Waals surface area contributed by atoms with Gasteiger partial charge in [-0.05, 0) is 86.9 Å². The molecular weight excluding hydrogens is 519 g/mol. The fraction of sp³-hybridized carbons (Fsp3) is 0.500. The lowest BCUT2D eigenvalue weighted by molar-refractivity contribution is -0.138. The quantitative estimate of drug-likeness (QED) is 0.408. The molecule has 0 saturated heterocycles. The largest absolute Gasteiger partial charge is 0.416 e. The van der Waals surface area contributed by atoms with Gasteiger partial charge in [0, 0.05) is 37.0 Å². The Kier molecular flexibility index (Phi) is 6.34. The molecule has 7 nitrogen and oxygen atoms in total. The Balaban J connectivity index is 1.36. The number of fused-ring (bicyclic) bond motifs is 1. The number of benzene rings is 2. The maximum absolute atomic E-state index is 14.3. The van der Waals surface area contributed by atoms with Crippen LogP contribution in [0.15, 0.2) is 42.7 Å². The van der Waals surface area contributed by atoms with Gasteiger partial charge >= 0.3 is 6.18 Å². The van der Waals surface area contributed by atoms with Crippen LogP contribution in [0.25, 0.3) is 0 Å². The number of amides is 1. The van der Waals surface area contributed by atoms with E-state index in [9.17, 15) is 18.0 Å². The molecule has 0 unspecified atom stereocenters. The number of carbonyl (C=O) groups excluding carboxylic acids is 1. The van der Waals surface area contributed by atoms with Gasteiger partial charge in [-0.25, -0.2) is 0 Å². The molecule has 2 saturated carbocycles. The highest BCUT2D eigenvalue weighted by Gasteiger charge is 2.50. The molecule has 212 valence electrons. The first-order valence-corrected chi connectivity index (χ1v) is 13.8. The fourth-order valence-corrected chi connectivity index (χ4v) is 6.72. The molecule has 0 radical (unpaired) electrons. The second-order valence-corrected chi connectivity index (χ2v) is 11.9. The van der Waals surface area contributed by atoms with Gasteiger partial charge in [0.1, 0.15) is 12.2 Å². The highest BCUT2D eigenvalue weighted by atomic mass is 19.4. The van der Waals surface area contributed by atoms with Crippen molar-refractivity contribution in [2.24, 2.45) is 7.05 Å². The molecule has 2 heterocycles. The Morgan fingerprint density at radius 1 is 1.18 bits per heavy atom. The molecule has 1 amide bonds. The van der Waals surface area contributed by atoms with Gasteiger partial charge in [0.2, 0.25) is 0 Å². The topological polar surface area (TPSA) is 72.3 Å². The van der Waals surface area contributed by atoms with Crippen LogP contribution in [0.4, 0.5) is 18.9 Å². The minimum atomic E-state index is -4.57. The molecular formula is C30H34F3N5O2. The van der Waals surface area contributed by atoms with Gasteiger partial charge in [0.05, 0.1) is 23.6 Å². The molecule has 10 heteroatoms. The van der Waals surface area contributed by atoms with Gasteiger partial charge in [-0.2, -0.15) is 13.2 Å². The summed E-state index contributed by atoms with van der Waals surface area (Å²) in [6.07, 6.45) is 1.59. The number of aryl methyl sites for hydroxylation is 1. The van der Waals surface area contributed by atoms with E-state index in [2.05, 4.69) is 22.4 Å². The molecule has 6 rings (SSSR count). The summed E-state index contributed by atoms with van der Waals surface area (Å²) in [5.41, 5.74) is 0.830. The van der Waals surface area contributed by atoms with Crippen molar-refractivity contribution in [3.63, 3.8) is 0 Å². The monoisotopic (exact) mass is 553 g/mol. The van der Waals surface area contributed by atoms with E-state index in [-0.39, 0.29) is 35.4 Å². The number of hydrogen-bond acceptors (Lipinski definition) is 5. The summed E-state index contributed by atoms with van der Waals surface area (Å²) < 4.78 is 50.4. The SMILES string of the molecule is CO[C@H]1C[C@](c2cccc(N3Cc4c(cc([C@H](C)NC5(C)CCC5)cc4C(F)(F)F)C3=O)c2)(c2nncn2C)C1. The van der Waals surface area contributed by atoms with Gasteiger partial charge in [-0.1, -0.05) is 12.1 Å². The number of alkyl halides is 3. The number of anilines is 1. The third-order valence-electron chi connectivity index (χ3n) is 9.23. The average Bonchev–Trinajstić information content (AvgIpc) is 3.45. The van der Waals surface area contributed by atoms with Gasteiger partial charge < -0.3 is 19.5 Å². The Labute approximate surface area is 231 Å². The van der Waals surface area contributed by atoms with E-state index < -0.39 is 23.1 Å². The van der Waals surface area contributed by atoms with Crippen LogP contribution in [0.1, 0.15) is 90.4 Å². The summed E-state index contributed by atoms with van der Waals surface area (Å²) >= 11 is 0. The Bertz CT molecular complexity index is 1460. The minimum Gasteiger partial charge on any atom is -0.381 e. The third-order valence-corrected chi connectivity index (χ3v) is 9.23. The normalized spacial score (nSPS) is 24.4. The molecule has 40 heavy (non-hydrogen) atoms. The summed E-state index contributed by atoms with van der Waals surface area (Å²) in [4.78, 5) is 15.2. The van der Waals surface area contributed by atoms with E-state index in [4.69, 9.17) is 4.74 Å². The van der Waals surface area contributed by atoms with Crippen LogP contribution in [-0.2, 0) is 29.9 Å². The van der Waals surface area contributed by atoms with Gasteiger partial charge in [-0.3, -0.25) is 4.79 Å². The van der Waals surface area contributed by atoms with Crippen LogP contribution < -0.4 is 10.2 Å². The lowest BCUT2D eigenvalue weighted by Crippen LogP contribution is -2.49. The van der Waals surface area contributed by atoms with Crippen molar-refractivity contribution in [1.82, 2.24) is 20.1 Å². The number of hydrogen-bond donors (Lipinski definition) is 1. The fourth-order valence-electron chi connectivity index (χ4n) is 6.72. The van der Waals surface area contributed by atoms with Crippen molar-refractivity contribution in [2.75, 3.05) is 12.0 Å². The van der Waals surface area contributed by atoms with Crippen molar-refractivity contribution in [1.29, 1.82) is 0 Å². The van der Waals surface area contributed by atoms with Crippen LogP contribution in [0.5, 0.6) is 0 Å². The van der Waals surface area contributed by atoms with Crippen molar-refractivity contribution in [2.45, 2.75) is 81.8 Å². The molecule has 0 spiro atoms. The Morgan fingerprint density at radius 3 is 2.52 bits per heavy atom. The average molecular weight is 554 g/mol. The molecule has 2 aromatic carbocycles. The smallest absolute Gasteiger partial charge is 0.381 e. The van der Waals surface area contributed by atoms with Gasteiger partial charge in [0.15, 0.2) is 0 Å². The van der Waals surface area contributed by atoms with E-state index in [1.165, 1.54) is 11.0 Å². The summed E-state index contributed by atoms with van der Waals surface area (Å²) in [7, 11) is 3.57. The second kappa shape index (κ2) is 9.41. The zero-order valence-electron chi connectivity index (χ0n) is 23.2. The minimum absolute atomic E-state index is 0.0276. The summed E-state index contributed by atoms with van der Waals surface area (Å²) in [5, 5.41) is 11.9. The van der Waals surface area contributed by atoms with Crippen LogP contribution >= 0.6 is 0 Å². The summed E-state index contributed by atoms with van der Waals surface area (Å²) in [5.74, 6) is 0.372. The van der Waals surface area contributed by atoms with Crippen LogP contribution in [-0.4, -0.2) is 39.4 Å². The lowest BCUT2D eigenvalue weighted by Gasteiger charge is -2.46. The van der Waals surface area contributed by atoms with Crippen molar-refractivity contribution in [3.05, 3.63) is 76.4 Å². The number of aromatic nitrogens is 3. The van der Waals surface area contributed by atoms with Crippen molar-refractivity contribution < 1.29 is 22.7 Å². The number of carbonyl (C=O) groups is 1. The standard InChI is InChI=1S/C30H34F3N5O2/c1-18(35-28(2)9-6-10-28)19-11-23-24(25(12-19)30(31,32)33)16-38(26(23)39)21-8-5-7-20(13-21)29(14-22(15-29)40-4)27-36-34-17-37(27)3/h5,7-8,11-13,17-18,22,35H,6,9-10,14-16H2,1-4H3/t18-,22-,29-/m0/s1. The van der Waals surface area contributed by atoms with Crippen LogP contribution in [0, 0.1) is 0 Å². The molecule has 2 fully saturated rings. The van der Waals surface area contributed by atoms with E-state index in [1.54, 1.807) is 25.6 Å². The van der Waals surface area contributed by atoms with Crippen molar-refractivity contribution in [3.8, 4) is 0 Å². The number of nitrogens with zero attached hydrogens (tertiary/aromatic N) is 4. The molecule has 1 atom stereocenters. The molecule has 3 aliphatic rings. The molecule has 1 aliphatic heterocycles. The molecule has 3 aromatic rings. The van der Waals surface area contributed by atoms with Crippen LogP contribution in [0.2, 0.25) is 0 Å². The lowest BCUT2D eigenvalue weighted by atomic mass is 9.62. The van der Waals surface area contributed by atoms with Gasteiger partial charge in [-0.15, -0.1) is 10.2 Å². The number of nitrogens with one attached hydrogen (secondary N) is 1. The maximum atomic E-state index is 14.3. The third kappa shape index (κ3) is 4.32. The number of halogens is 3. The first-order valence-electron chi connectivity index (χ1n) is 13.8. The molecule has 1 N–H and O–H groups in total. The molecule has 1 aromatic heterocycles. The van der Waals surface area contributed by atoms with E-state index in [0.29, 0.717) is 24.1 Å². The number of methoxy groups -OCH3 is 1. The Hall–Kier alpha value is -3.24. The molecule has 0 bridgehead atoms. The van der Waals surface area contributed by atoms with Gasteiger partial charge in [0.25, 0.3) is 5.91 Å². The second-order valence-electron chi connectivity index (χ2n) is 11.9. The van der Waals surface area contributed by atoms with Crippen molar-refractivity contribution >= 4 is 11.6 Å². The van der Waals surface area contributed by atoms with Crippen LogP contribution in [0.3, 0.4) is 0 Å². The zero-order chi connectivity index (χ0) is 28.4. The van der Waals surface area contributed by atoms with E-state index in [0.717, 1.165) is 30.7 Å².